The Morgan fingerprint density at radius 2 is 2.30 bits per heavy atom. The molecule has 1 aromatic heterocycles. The normalized spacial score (nSPS) is 10.1. The van der Waals surface area contributed by atoms with E-state index in [0.29, 0.717) is 12.3 Å². The number of aryl methyl sites for hydroxylation is 1. The predicted octanol–water partition coefficient (Wildman–Crippen LogP) is 2.19. The molecule has 0 saturated heterocycles. The van der Waals surface area contributed by atoms with E-state index in [1.807, 2.05) is 36.6 Å². The van der Waals surface area contributed by atoms with E-state index in [-0.39, 0.29) is 12.5 Å². The van der Waals surface area contributed by atoms with E-state index in [4.69, 9.17) is 4.74 Å². The van der Waals surface area contributed by atoms with E-state index in [9.17, 15) is 4.79 Å². The van der Waals surface area contributed by atoms with Crippen molar-refractivity contribution in [3.63, 3.8) is 0 Å². The summed E-state index contributed by atoms with van der Waals surface area (Å²) in [6.45, 7) is 2.68. The summed E-state index contributed by atoms with van der Waals surface area (Å²) in [4.78, 5) is 15.5. The number of thiazole rings is 1. The average Bonchev–Trinajstić information content (AvgIpc) is 2.88. The zero-order valence-electron chi connectivity index (χ0n) is 11.5. The first-order valence-corrected chi connectivity index (χ1v) is 7.13. The van der Waals surface area contributed by atoms with Gasteiger partial charge in [0.2, 0.25) is 0 Å². The third kappa shape index (κ3) is 4.24. The van der Waals surface area contributed by atoms with Gasteiger partial charge in [-0.3, -0.25) is 4.79 Å². The van der Waals surface area contributed by atoms with Crippen molar-refractivity contribution in [2.45, 2.75) is 13.5 Å². The maximum Gasteiger partial charge on any atom is 0.257 e. The summed E-state index contributed by atoms with van der Waals surface area (Å²) in [7, 11) is 1.58. The summed E-state index contributed by atoms with van der Waals surface area (Å²) in [6, 6.07) is 7.52. The number of rotatable bonds is 6. The van der Waals surface area contributed by atoms with Crippen molar-refractivity contribution in [1.29, 1.82) is 0 Å². The van der Waals surface area contributed by atoms with Crippen LogP contribution in [0.15, 0.2) is 29.6 Å². The van der Waals surface area contributed by atoms with Gasteiger partial charge in [-0.1, -0.05) is 6.07 Å². The molecule has 0 saturated carbocycles. The molecule has 106 valence electrons. The lowest BCUT2D eigenvalue weighted by molar-refractivity contribution is -0.122. The molecule has 1 aromatic carbocycles. The molecular formula is C14H17N3O2S. The van der Waals surface area contributed by atoms with E-state index in [1.165, 1.54) is 0 Å². The molecule has 0 spiro atoms. The van der Waals surface area contributed by atoms with Gasteiger partial charge in [0.05, 0.1) is 6.54 Å². The van der Waals surface area contributed by atoms with E-state index < -0.39 is 0 Å². The molecule has 0 aliphatic rings. The fraction of sp³-hybridized carbons (Fsp3) is 0.286. The molecule has 20 heavy (non-hydrogen) atoms. The fourth-order valence-electron chi connectivity index (χ4n) is 1.58. The van der Waals surface area contributed by atoms with Crippen LogP contribution in [0.3, 0.4) is 0 Å². The summed E-state index contributed by atoms with van der Waals surface area (Å²) in [6.07, 6.45) is 0. The van der Waals surface area contributed by atoms with Crippen LogP contribution in [0, 0.1) is 6.92 Å². The van der Waals surface area contributed by atoms with Crippen molar-refractivity contribution in [3.05, 3.63) is 40.3 Å². The Labute approximate surface area is 122 Å². The van der Waals surface area contributed by atoms with Crippen LogP contribution in [-0.4, -0.2) is 24.5 Å². The second-order valence-electron chi connectivity index (χ2n) is 4.23. The van der Waals surface area contributed by atoms with Crippen LogP contribution in [0.4, 0.5) is 5.69 Å². The number of carbonyl (C=O) groups is 1. The van der Waals surface area contributed by atoms with Crippen LogP contribution in [0.25, 0.3) is 0 Å². The molecule has 0 aliphatic heterocycles. The molecule has 0 aliphatic carbocycles. The minimum Gasteiger partial charge on any atom is -0.484 e. The van der Waals surface area contributed by atoms with Gasteiger partial charge in [0.25, 0.3) is 5.91 Å². The highest BCUT2D eigenvalue weighted by atomic mass is 32.1. The molecule has 2 N–H and O–H groups in total. The topological polar surface area (TPSA) is 63.2 Å². The first-order valence-electron chi connectivity index (χ1n) is 6.25. The second-order valence-corrected chi connectivity index (χ2v) is 5.17. The highest BCUT2D eigenvalue weighted by Crippen LogP contribution is 2.18. The average molecular weight is 291 g/mol. The summed E-state index contributed by atoms with van der Waals surface area (Å²) in [5.74, 6) is 0.510. The minimum absolute atomic E-state index is 0.0195. The molecule has 0 bridgehead atoms. The lowest BCUT2D eigenvalue weighted by Gasteiger charge is -2.08. The van der Waals surface area contributed by atoms with Gasteiger partial charge in [-0.15, -0.1) is 11.3 Å². The van der Waals surface area contributed by atoms with Crippen molar-refractivity contribution in [2.75, 3.05) is 19.0 Å². The maximum atomic E-state index is 11.1. The molecule has 1 heterocycles. The van der Waals surface area contributed by atoms with Gasteiger partial charge in [0.1, 0.15) is 10.8 Å². The van der Waals surface area contributed by atoms with Gasteiger partial charge in [0.15, 0.2) is 6.61 Å². The van der Waals surface area contributed by atoms with E-state index in [0.717, 1.165) is 16.4 Å². The van der Waals surface area contributed by atoms with E-state index >= 15 is 0 Å². The fourth-order valence-corrected chi connectivity index (χ4v) is 2.29. The monoisotopic (exact) mass is 291 g/mol. The number of amides is 1. The molecule has 2 aromatic rings. The SMILES string of the molecule is CNC(=O)COc1cccc(NCc2nc(C)cs2)c1. The molecule has 1 amide bonds. The molecule has 0 atom stereocenters. The Balaban J connectivity index is 1.90. The first-order chi connectivity index (χ1) is 9.67. The van der Waals surface area contributed by atoms with Crippen LogP contribution in [0.1, 0.15) is 10.7 Å². The van der Waals surface area contributed by atoms with Gasteiger partial charge in [-0.2, -0.15) is 0 Å². The number of ether oxygens (including phenoxy) is 1. The molecule has 6 heteroatoms. The number of likely N-dealkylation sites (N-methyl/N-ethyl adjacent to an activating group) is 1. The predicted molar refractivity (Wildman–Crippen MR) is 80.2 cm³/mol. The highest BCUT2D eigenvalue weighted by molar-refractivity contribution is 7.09. The Morgan fingerprint density at radius 3 is 3.00 bits per heavy atom. The second kappa shape index (κ2) is 6.91. The van der Waals surface area contributed by atoms with Crippen LogP contribution >= 0.6 is 11.3 Å². The number of anilines is 1. The number of aromatic nitrogens is 1. The standard InChI is InChI=1S/C14H17N3O2S/c1-10-9-20-14(17-10)7-16-11-4-3-5-12(6-11)19-8-13(18)15-2/h3-6,9,16H,7-8H2,1-2H3,(H,15,18). The number of hydrogen-bond acceptors (Lipinski definition) is 5. The lowest BCUT2D eigenvalue weighted by Crippen LogP contribution is -2.24. The van der Waals surface area contributed by atoms with Gasteiger partial charge in [0, 0.05) is 29.9 Å². The van der Waals surface area contributed by atoms with Crippen LogP contribution in [0.5, 0.6) is 5.75 Å². The number of hydrogen-bond donors (Lipinski definition) is 2. The van der Waals surface area contributed by atoms with Crippen LogP contribution < -0.4 is 15.4 Å². The molecule has 0 fully saturated rings. The number of nitrogens with zero attached hydrogens (tertiary/aromatic N) is 1. The van der Waals surface area contributed by atoms with Crippen LogP contribution in [-0.2, 0) is 11.3 Å². The maximum absolute atomic E-state index is 11.1. The quantitative estimate of drug-likeness (QED) is 0.856. The third-order valence-electron chi connectivity index (χ3n) is 2.59. The third-order valence-corrected chi connectivity index (χ3v) is 3.56. The van der Waals surface area contributed by atoms with Crippen molar-refractivity contribution >= 4 is 22.9 Å². The summed E-state index contributed by atoms with van der Waals surface area (Å²) < 4.78 is 5.39. The lowest BCUT2D eigenvalue weighted by atomic mass is 10.3. The Kier molecular flexibility index (Phi) is 4.95. The van der Waals surface area contributed by atoms with Crippen molar-refractivity contribution in [3.8, 4) is 5.75 Å². The molecule has 2 rings (SSSR count). The zero-order chi connectivity index (χ0) is 14.4. The molecule has 5 nitrogen and oxygen atoms in total. The first kappa shape index (κ1) is 14.3. The van der Waals surface area contributed by atoms with E-state index in [1.54, 1.807) is 18.4 Å². The molecular weight excluding hydrogens is 274 g/mol. The zero-order valence-corrected chi connectivity index (χ0v) is 12.3. The number of carbonyl (C=O) groups excluding carboxylic acids is 1. The highest BCUT2D eigenvalue weighted by Gasteiger charge is 2.02. The number of nitrogens with one attached hydrogen (secondary N) is 2. The van der Waals surface area contributed by atoms with Crippen molar-refractivity contribution in [1.82, 2.24) is 10.3 Å². The van der Waals surface area contributed by atoms with Gasteiger partial charge >= 0.3 is 0 Å². The van der Waals surface area contributed by atoms with Gasteiger partial charge in [-0.25, -0.2) is 4.98 Å². The summed E-state index contributed by atoms with van der Waals surface area (Å²) in [5, 5.41) is 8.86. The molecule has 0 radical (unpaired) electrons. The van der Waals surface area contributed by atoms with Gasteiger partial charge in [-0.05, 0) is 19.1 Å². The van der Waals surface area contributed by atoms with Crippen molar-refractivity contribution < 1.29 is 9.53 Å². The Morgan fingerprint density at radius 1 is 1.45 bits per heavy atom. The minimum atomic E-state index is -0.151. The molecule has 0 unspecified atom stereocenters. The largest absolute Gasteiger partial charge is 0.484 e. The summed E-state index contributed by atoms with van der Waals surface area (Å²) >= 11 is 1.63. The smallest absolute Gasteiger partial charge is 0.257 e. The van der Waals surface area contributed by atoms with Gasteiger partial charge < -0.3 is 15.4 Å². The van der Waals surface area contributed by atoms with Crippen molar-refractivity contribution in [2.24, 2.45) is 0 Å². The van der Waals surface area contributed by atoms with E-state index in [2.05, 4.69) is 15.6 Å². The summed E-state index contributed by atoms with van der Waals surface area (Å²) in [5.41, 5.74) is 1.97. The Bertz CT molecular complexity index is 583. The Hall–Kier alpha value is -2.08. The van der Waals surface area contributed by atoms with Crippen LogP contribution in [0.2, 0.25) is 0 Å². The number of benzene rings is 1.